The van der Waals surface area contributed by atoms with Crippen LogP contribution >= 0.6 is 0 Å². The number of carbonyl (C=O) groups excluding carboxylic acids is 1. The van der Waals surface area contributed by atoms with E-state index in [-0.39, 0.29) is 5.91 Å². The van der Waals surface area contributed by atoms with Gasteiger partial charge in [0.2, 0.25) is 0 Å². The van der Waals surface area contributed by atoms with Crippen LogP contribution in [0.4, 0.5) is 5.69 Å². The molecule has 1 aromatic heterocycles. The number of aromatic nitrogens is 1. The maximum Gasteiger partial charge on any atom is 0.262 e. The number of hydrogen-bond acceptors (Lipinski definition) is 6. The van der Waals surface area contributed by atoms with Gasteiger partial charge < -0.3 is 9.64 Å². The first-order valence-corrected chi connectivity index (χ1v) is 8.97. The van der Waals surface area contributed by atoms with Crippen LogP contribution in [0.15, 0.2) is 53.9 Å². The van der Waals surface area contributed by atoms with E-state index in [1.54, 1.807) is 18.6 Å². The lowest BCUT2D eigenvalue weighted by atomic mass is 10.1. The average molecular weight is 367 g/mol. The number of rotatable bonds is 6. The Hall–Kier alpha value is -2.77. The van der Waals surface area contributed by atoms with Gasteiger partial charge >= 0.3 is 0 Å². The third-order valence-electron chi connectivity index (χ3n) is 4.48. The summed E-state index contributed by atoms with van der Waals surface area (Å²) in [6.07, 6.45) is 5.05. The molecule has 2 heterocycles. The van der Waals surface area contributed by atoms with Crippen molar-refractivity contribution in [1.82, 2.24) is 15.3 Å². The van der Waals surface area contributed by atoms with Crippen molar-refractivity contribution in [2.24, 2.45) is 5.10 Å². The van der Waals surface area contributed by atoms with Gasteiger partial charge in [-0.3, -0.25) is 14.7 Å². The van der Waals surface area contributed by atoms with Gasteiger partial charge in [0.05, 0.1) is 19.4 Å². The van der Waals surface area contributed by atoms with Gasteiger partial charge in [-0.25, -0.2) is 5.43 Å². The van der Waals surface area contributed by atoms with Crippen LogP contribution in [0.2, 0.25) is 0 Å². The van der Waals surface area contributed by atoms with E-state index >= 15 is 0 Å². The molecule has 27 heavy (non-hydrogen) atoms. The second-order valence-corrected chi connectivity index (χ2v) is 6.55. The van der Waals surface area contributed by atoms with Crippen LogP contribution in [0.25, 0.3) is 0 Å². The van der Waals surface area contributed by atoms with Crippen LogP contribution < -0.4 is 10.3 Å². The van der Waals surface area contributed by atoms with Gasteiger partial charge in [0.1, 0.15) is 6.04 Å². The minimum atomic E-state index is -0.412. The van der Waals surface area contributed by atoms with Crippen molar-refractivity contribution in [3.8, 4) is 0 Å². The molecule has 1 aliphatic heterocycles. The molecule has 0 radical (unpaired) electrons. The Morgan fingerprint density at radius 3 is 2.48 bits per heavy atom. The summed E-state index contributed by atoms with van der Waals surface area (Å²) in [6.45, 7) is 2.65. The van der Waals surface area contributed by atoms with Crippen molar-refractivity contribution in [2.45, 2.75) is 6.04 Å². The fraction of sp³-hybridized carbons (Fsp3) is 0.350. The Labute approximate surface area is 159 Å². The molecule has 1 atom stereocenters. The van der Waals surface area contributed by atoms with E-state index in [1.807, 2.05) is 55.4 Å². The summed E-state index contributed by atoms with van der Waals surface area (Å²) < 4.78 is 5.41. The van der Waals surface area contributed by atoms with E-state index in [9.17, 15) is 4.79 Å². The molecule has 0 saturated carbocycles. The van der Waals surface area contributed by atoms with Gasteiger partial charge in [0.15, 0.2) is 0 Å². The quantitative estimate of drug-likeness (QED) is 0.621. The van der Waals surface area contributed by atoms with E-state index in [0.29, 0.717) is 26.3 Å². The molecule has 3 rings (SSSR count). The van der Waals surface area contributed by atoms with Gasteiger partial charge in [0.25, 0.3) is 5.91 Å². The first-order chi connectivity index (χ1) is 13.1. The Bertz CT molecular complexity index is 756. The summed E-state index contributed by atoms with van der Waals surface area (Å²) >= 11 is 0. The van der Waals surface area contributed by atoms with Crippen molar-refractivity contribution in [2.75, 3.05) is 45.3 Å². The summed E-state index contributed by atoms with van der Waals surface area (Å²) in [4.78, 5) is 21.0. The maximum atomic E-state index is 12.8. The highest BCUT2D eigenvalue weighted by molar-refractivity contribution is 5.86. The number of benzene rings is 1. The van der Waals surface area contributed by atoms with Crippen LogP contribution in [0.3, 0.4) is 0 Å². The number of amides is 1. The molecule has 1 unspecified atom stereocenters. The molecule has 7 heteroatoms. The second kappa shape index (κ2) is 9.25. The highest BCUT2D eigenvalue weighted by Crippen LogP contribution is 2.21. The van der Waals surface area contributed by atoms with Crippen molar-refractivity contribution in [1.29, 1.82) is 0 Å². The summed E-state index contributed by atoms with van der Waals surface area (Å²) in [5, 5.41) is 4.15. The van der Waals surface area contributed by atoms with Crippen molar-refractivity contribution in [3.63, 3.8) is 0 Å². The summed E-state index contributed by atoms with van der Waals surface area (Å²) in [5.74, 6) is -0.163. The van der Waals surface area contributed by atoms with E-state index in [0.717, 1.165) is 16.8 Å². The standard InChI is InChI=1S/C20H25N5O2/c1-24(2)18-5-3-16(4-6-18)15-22-23-20(26)19(17-7-9-21-10-8-17)25-11-13-27-14-12-25/h3-10,15,19H,11-14H2,1-2H3,(H,23,26)/b22-15+. The Morgan fingerprint density at radius 2 is 1.85 bits per heavy atom. The van der Waals surface area contributed by atoms with Crippen LogP contribution in [-0.2, 0) is 9.53 Å². The maximum absolute atomic E-state index is 12.8. The SMILES string of the molecule is CN(C)c1ccc(/C=N/NC(=O)C(c2ccncc2)N2CCOCC2)cc1. The summed E-state index contributed by atoms with van der Waals surface area (Å²) in [5.41, 5.74) is 5.62. The molecular formula is C20H25N5O2. The topological polar surface area (TPSA) is 70.1 Å². The first-order valence-electron chi connectivity index (χ1n) is 8.97. The van der Waals surface area contributed by atoms with Gasteiger partial charge in [-0.1, -0.05) is 12.1 Å². The van der Waals surface area contributed by atoms with E-state index in [2.05, 4.69) is 20.4 Å². The number of nitrogens with zero attached hydrogens (tertiary/aromatic N) is 4. The van der Waals surface area contributed by atoms with Crippen LogP contribution in [-0.4, -0.2) is 62.4 Å². The molecule has 2 aromatic rings. The van der Waals surface area contributed by atoms with Crippen LogP contribution in [0.1, 0.15) is 17.2 Å². The highest BCUT2D eigenvalue weighted by Gasteiger charge is 2.28. The summed E-state index contributed by atoms with van der Waals surface area (Å²) in [6, 6.07) is 11.3. The molecular weight excluding hydrogens is 342 g/mol. The third-order valence-corrected chi connectivity index (χ3v) is 4.48. The first kappa shape index (κ1) is 19.0. The third kappa shape index (κ3) is 5.12. The van der Waals surface area contributed by atoms with Crippen LogP contribution in [0, 0.1) is 0 Å². The number of morpholine rings is 1. The molecule has 0 spiro atoms. The normalized spacial score (nSPS) is 16.2. The van der Waals surface area contributed by atoms with E-state index in [4.69, 9.17) is 4.74 Å². The second-order valence-electron chi connectivity index (χ2n) is 6.55. The molecule has 1 saturated heterocycles. The molecule has 1 fully saturated rings. The van der Waals surface area contributed by atoms with Gasteiger partial charge in [-0.15, -0.1) is 0 Å². The number of ether oxygens (including phenoxy) is 1. The van der Waals surface area contributed by atoms with Crippen molar-refractivity contribution < 1.29 is 9.53 Å². The number of pyridine rings is 1. The molecule has 7 nitrogen and oxygen atoms in total. The van der Waals surface area contributed by atoms with Crippen molar-refractivity contribution in [3.05, 3.63) is 59.9 Å². The van der Waals surface area contributed by atoms with Gasteiger partial charge in [-0.2, -0.15) is 5.10 Å². The molecule has 1 aliphatic rings. The Balaban J connectivity index is 1.68. The summed E-state index contributed by atoms with van der Waals surface area (Å²) in [7, 11) is 3.99. The minimum Gasteiger partial charge on any atom is -0.379 e. The van der Waals surface area contributed by atoms with Crippen molar-refractivity contribution >= 4 is 17.8 Å². The predicted molar refractivity (Wildman–Crippen MR) is 106 cm³/mol. The largest absolute Gasteiger partial charge is 0.379 e. The van der Waals surface area contributed by atoms with Crippen LogP contribution in [0.5, 0.6) is 0 Å². The number of hydrazone groups is 1. The fourth-order valence-electron chi connectivity index (χ4n) is 3.00. The number of nitrogens with one attached hydrogen (secondary N) is 1. The molecule has 0 bridgehead atoms. The lowest BCUT2D eigenvalue weighted by Gasteiger charge is -2.33. The number of carbonyl (C=O) groups is 1. The Morgan fingerprint density at radius 1 is 1.19 bits per heavy atom. The van der Waals surface area contributed by atoms with E-state index < -0.39 is 6.04 Å². The molecule has 1 aromatic carbocycles. The number of anilines is 1. The highest BCUT2D eigenvalue weighted by atomic mass is 16.5. The average Bonchev–Trinajstić information content (AvgIpc) is 2.70. The molecule has 0 aliphatic carbocycles. The monoisotopic (exact) mass is 367 g/mol. The van der Waals surface area contributed by atoms with Gasteiger partial charge in [0, 0.05) is 45.3 Å². The zero-order chi connectivity index (χ0) is 19.1. The molecule has 1 N–H and O–H groups in total. The molecule has 142 valence electrons. The lowest BCUT2D eigenvalue weighted by Crippen LogP contribution is -2.44. The molecule has 1 amide bonds. The van der Waals surface area contributed by atoms with E-state index in [1.165, 1.54) is 0 Å². The lowest BCUT2D eigenvalue weighted by molar-refractivity contribution is -0.128. The fourth-order valence-corrected chi connectivity index (χ4v) is 3.00. The van der Waals surface area contributed by atoms with Gasteiger partial charge in [-0.05, 0) is 35.4 Å². The Kier molecular flexibility index (Phi) is 6.51. The zero-order valence-corrected chi connectivity index (χ0v) is 15.7. The minimum absolute atomic E-state index is 0.163. The predicted octanol–water partition coefficient (Wildman–Crippen LogP) is 1.67. The zero-order valence-electron chi connectivity index (χ0n) is 15.7. The number of hydrogen-bond donors (Lipinski definition) is 1. The smallest absolute Gasteiger partial charge is 0.262 e.